The Balaban J connectivity index is 1.70. The van der Waals surface area contributed by atoms with E-state index in [0.29, 0.717) is 10.6 Å². The molecule has 3 aromatic carbocycles. The van der Waals surface area contributed by atoms with Gasteiger partial charge in [0.25, 0.3) is 5.91 Å². The average molecular weight is 432 g/mol. The van der Waals surface area contributed by atoms with Crippen LogP contribution < -0.4 is 10.6 Å². The number of hydrogen-bond acceptors (Lipinski definition) is 3. The minimum Gasteiger partial charge on any atom is -0.354 e. The maximum atomic E-state index is 12.9. The van der Waals surface area contributed by atoms with E-state index in [1.54, 1.807) is 6.07 Å². The van der Waals surface area contributed by atoms with Gasteiger partial charge >= 0.3 is 0 Å². The van der Waals surface area contributed by atoms with E-state index in [1.165, 1.54) is 5.56 Å². The Bertz CT molecular complexity index is 1110. The molecule has 158 valence electrons. The van der Waals surface area contributed by atoms with E-state index >= 15 is 0 Å². The van der Waals surface area contributed by atoms with Gasteiger partial charge < -0.3 is 15.5 Å². The summed E-state index contributed by atoms with van der Waals surface area (Å²) in [6.45, 7) is 4.17. The van der Waals surface area contributed by atoms with Crippen LogP contribution in [-0.4, -0.2) is 24.4 Å². The molecule has 0 spiro atoms. The standard InChI is InChI=1S/C26H26ClN3O/c1-3-15-30(2)17-18-9-12-21(13-10-18)28-25(19-7-5-4-6-8-19)24-22-14-11-20(27)16-23(22)29-26(24)31/h4-14,16,28H,3,15,17H2,1-2H3,(H,29,31)/b25-24-. The maximum absolute atomic E-state index is 12.9. The first-order valence-electron chi connectivity index (χ1n) is 10.5. The molecular formula is C26H26ClN3O. The molecule has 0 aliphatic carbocycles. The van der Waals surface area contributed by atoms with Crippen LogP contribution in [0.25, 0.3) is 11.3 Å². The quantitative estimate of drug-likeness (QED) is 0.443. The van der Waals surface area contributed by atoms with Gasteiger partial charge in [0.05, 0.1) is 17.0 Å². The van der Waals surface area contributed by atoms with E-state index in [0.717, 1.165) is 47.7 Å². The van der Waals surface area contributed by atoms with Crippen molar-refractivity contribution in [3.63, 3.8) is 0 Å². The molecule has 0 aromatic heterocycles. The summed E-state index contributed by atoms with van der Waals surface area (Å²) in [5, 5.41) is 7.04. The molecule has 1 heterocycles. The van der Waals surface area contributed by atoms with Crippen LogP contribution in [0.2, 0.25) is 5.02 Å². The Morgan fingerprint density at radius 1 is 1.03 bits per heavy atom. The molecule has 0 bridgehead atoms. The molecule has 31 heavy (non-hydrogen) atoms. The molecule has 1 amide bonds. The molecule has 3 aromatic rings. The number of fused-ring (bicyclic) bond motifs is 1. The van der Waals surface area contributed by atoms with E-state index in [1.807, 2.05) is 42.5 Å². The van der Waals surface area contributed by atoms with Gasteiger partial charge in [0.1, 0.15) is 0 Å². The molecule has 0 saturated carbocycles. The lowest BCUT2D eigenvalue weighted by Crippen LogP contribution is -2.18. The molecule has 4 nitrogen and oxygen atoms in total. The Kier molecular flexibility index (Phi) is 6.40. The summed E-state index contributed by atoms with van der Waals surface area (Å²) in [4.78, 5) is 15.2. The van der Waals surface area contributed by atoms with E-state index in [-0.39, 0.29) is 5.91 Å². The Hall–Kier alpha value is -3.08. The zero-order valence-electron chi connectivity index (χ0n) is 17.8. The highest BCUT2D eigenvalue weighted by Gasteiger charge is 2.28. The van der Waals surface area contributed by atoms with Gasteiger partial charge in [-0.1, -0.05) is 67.1 Å². The Morgan fingerprint density at radius 2 is 1.77 bits per heavy atom. The van der Waals surface area contributed by atoms with Crippen molar-refractivity contribution in [1.82, 2.24) is 4.90 Å². The van der Waals surface area contributed by atoms with Crippen LogP contribution in [-0.2, 0) is 11.3 Å². The summed E-state index contributed by atoms with van der Waals surface area (Å²) in [6, 6.07) is 23.8. The Morgan fingerprint density at radius 3 is 2.48 bits per heavy atom. The SMILES string of the molecule is CCCN(C)Cc1ccc(N/C(=C2\C(=O)Nc3cc(Cl)ccc32)c2ccccc2)cc1. The van der Waals surface area contributed by atoms with Crippen LogP contribution in [0, 0.1) is 0 Å². The van der Waals surface area contributed by atoms with Gasteiger partial charge in [-0.05, 0) is 55.4 Å². The van der Waals surface area contributed by atoms with Crippen molar-refractivity contribution in [2.75, 3.05) is 24.2 Å². The summed E-state index contributed by atoms with van der Waals surface area (Å²) < 4.78 is 0. The highest BCUT2D eigenvalue weighted by atomic mass is 35.5. The highest BCUT2D eigenvalue weighted by molar-refractivity contribution is 6.38. The summed E-state index contributed by atoms with van der Waals surface area (Å²) in [5.74, 6) is -0.138. The number of benzene rings is 3. The monoisotopic (exact) mass is 431 g/mol. The summed E-state index contributed by atoms with van der Waals surface area (Å²) >= 11 is 6.13. The molecule has 0 saturated heterocycles. The molecule has 2 N–H and O–H groups in total. The van der Waals surface area contributed by atoms with Crippen molar-refractivity contribution >= 4 is 40.2 Å². The van der Waals surface area contributed by atoms with Crippen molar-refractivity contribution < 1.29 is 4.79 Å². The van der Waals surface area contributed by atoms with Crippen LogP contribution in [0.4, 0.5) is 11.4 Å². The van der Waals surface area contributed by atoms with Gasteiger partial charge in [-0.3, -0.25) is 4.79 Å². The molecule has 0 fully saturated rings. The first-order chi connectivity index (χ1) is 15.0. The molecular weight excluding hydrogens is 406 g/mol. The van der Waals surface area contributed by atoms with Crippen molar-refractivity contribution in [3.8, 4) is 0 Å². The van der Waals surface area contributed by atoms with Gasteiger partial charge in [-0.15, -0.1) is 0 Å². The van der Waals surface area contributed by atoms with Gasteiger partial charge in [0.15, 0.2) is 0 Å². The van der Waals surface area contributed by atoms with E-state index < -0.39 is 0 Å². The van der Waals surface area contributed by atoms with E-state index in [2.05, 4.69) is 53.8 Å². The van der Waals surface area contributed by atoms with Crippen molar-refractivity contribution in [3.05, 3.63) is 94.5 Å². The van der Waals surface area contributed by atoms with Crippen LogP contribution in [0.3, 0.4) is 0 Å². The predicted octanol–water partition coefficient (Wildman–Crippen LogP) is 6.11. The molecule has 0 atom stereocenters. The number of anilines is 2. The molecule has 0 unspecified atom stereocenters. The predicted molar refractivity (Wildman–Crippen MR) is 130 cm³/mol. The minimum atomic E-state index is -0.138. The lowest BCUT2D eigenvalue weighted by atomic mass is 10.00. The summed E-state index contributed by atoms with van der Waals surface area (Å²) in [6.07, 6.45) is 1.14. The molecule has 1 aliphatic heterocycles. The number of nitrogens with zero attached hydrogens (tertiary/aromatic N) is 1. The number of rotatable bonds is 7. The first kappa shape index (κ1) is 21.2. The number of carbonyl (C=O) groups is 1. The topological polar surface area (TPSA) is 44.4 Å². The molecule has 5 heteroatoms. The van der Waals surface area contributed by atoms with Crippen LogP contribution in [0.1, 0.15) is 30.0 Å². The molecule has 0 radical (unpaired) electrons. The van der Waals surface area contributed by atoms with Crippen LogP contribution in [0.5, 0.6) is 0 Å². The summed E-state index contributed by atoms with van der Waals surface area (Å²) in [5.41, 5.74) is 6.11. The summed E-state index contributed by atoms with van der Waals surface area (Å²) in [7, 11) is 2.13. The second-order valence-electron chi connectivity index (χ2n) is 7.82. The molecule has 4 rings (SSSR count). The van der Waals surface area contributed by atoms with Gasteiger partial charge in [0.2, 0.25) is 0 Å². The first-order valence-corrected chi connectivity index (χ1v) is 10.9. The second-order valence-corrected chi connectivity index (χ2v) is 8.26. The van der Waals surface area contributed by atoms with Crippen LogP contribution in [0.15, 0.2) is 72.8 Å². The van der Waals surface area contributed by atoms with Crippen molar-refractivity contribution in [2.45, 2.75) is 19.9 Å². The number of hydrogen-bond donors (Lipinski definition) is 2. The average Bonchev–Trinajstić information content (AvgIpc) is 3.08. The third-order valence-corrected chi connectivity index (χ3v) is 5.55. The number of carbonyl (C=O) groups excluding carboxylic acids is 1. The largest absolute Gasteiger partial charge is 0.354 e. The van der Waals surface area contributed by atoms with Gasteiger partial charge in [-0.25, -0.2) is 0 Å². The van der Waals surface area contributed by atoms with Gasteiger partial charge in [-0.2, -0.15) is 0 Å². The number of amides is 1. The third-order valence-electron chi connectivity index (χ3n) is 5.32. The smallest absolute Gasteiger partial charge is 0.258 e. The van der Waals surface area contributed by atoms with Crippen LogP contribution >= 0.6 is 11.6 Å². The number of halogens is 1. The second kappa shape index (κ2) is 9.38. The fourth-order valence-corrected chi connectivity index (χ4v) is 4.06. The lowest BCUT2D eigenvalue weighted by molar-refractivity contribution is -0.110. The van der Waals surface area contributed by atoms with Crippen molar-refractivity contribution in [1.29, 1.82) is 0 Å². The van der Waals surface area contributed by atoms with E-state index in [9.17, 15) is 4.79 Å². The maximum Gasteiger partial charge on any atom is 0.258 e. The fourth-order valence-electron chi connectivity index (χ4n) is 3.89. The van der Waals surface area contributed by atoms with Crippen molar-refractivity contribution in [2.24, 2.45) is 0 Å². The zero-order valence-corrected chi connectivity index (χ0v) is 18.5. The fraction of sp³-hybridized carbons (Fsp3) is 0.192. The minimum absolute atomic E-state index is 0.138. The zero-order chi connectivity index (χ0) is 21.8. The number of nitrogens with one attached hydrogen (secondary N) is 2. The normalized spacial score (nSPS) is 14.4. The third kappa shape index (κ3) is 4.82. The Labute approximate surface area is 188 Å². The lowest BCUT2D eigenvalue weighted by Gasteiger charge is -2.17. The van der Waals surface area contributed by atoms with Gasteiger partial charge in [0, 0.05) is 22.8 Å². The van der Waals surface area contributed by atoms with E-state index in [4.69, 9.17) is 11.6 Å². The molecule has 1 aliphatic rings. The highest BCUT2D eigenvalue weighted by Crippen LogP contribution is 2.38.